The van der Waals surface area contributed by atoms with Gasteiger partial charge in [-0.2, -0.15) is 4.98 Å². The van der Waals surface area contributed by atoms with Crippen molar-refractivity contribution in [3.63, 3.8) is 0 Å². The van der Waals surface area contributed by atoms with Gasteiger partial charge in [0.15, 0.2) is 5.82 Å². The summed E-state index contributed by atoms with van der Waals surface area (Å²) in [5, 5.41) is 3.76. The van der Waals surface area contributed by atoms with Crippen molar-refractivity contribution in [2.75, 3.05) is 0 Å². The number of rotatable bonds is 2. The van der Waals surface area contributed by atoms with Crippen LogP contribution in [-0.4, -0.2) is 14.5 Å². The monoisotopic (exact) mass is 206 g/mol. The normalized spacial score (nSPS) is 25.8. The molecule has 1 atom stereocenters. The van der Waals surface area contributed by atoms with E-state index in [4.69, 9.17) is 27.7 Å². The van der Waals surface area contributed by atoms with Crippen LogP contribution in [0.15, 0.2) is 4.52 Å². The van der Waals surface area contributed by atoms with Crippen molar-refractivity contribution >= 4 is 23.2 Å². The topological polar surface area (TPSA) is 38.9 Å². The van der Waals surface area contributed by atoms with Gasteiger partial charge in [0.05, 0.1) is 0 Å². The van der Waals surface area contributed by atoms with Gasteiger partial charge in [-0.15, -0.1) is 23.2 Å². The SMILES string of the molecule is Cc1nc(C[C@@H]2CC2(Cl)Cl)no1. The van der Waals surface area contributed by atoms with Gasteiger partial charge in [0, 0.05) is 19.3 Å². The predicted molar refractivity (Wildman–Crippen MR) is 45.3 cm³/mol. The van der Waals surface area contributed by atoms with Crippen LogP contribution >= 0.6 is 23.2 Å². The second-order valence-electron chi connectivity index (χ2n) is 3.10. The van der Waals surface area contributed by atoms with Crippen LogP contribution in [0.1, 0.15) is 18.1 Å². The molecule has 1 aliphatic rings. The van der Waals surface area contributed by atoms with Crippen LogP contribution in [0.4, 0.5) is 0 Å². The van der Waals surface area contributed by atoms with Crippen LogP contribution in [-0.2, 0) is 6.42 Å². The second-order valence-corrected chi connectivity index (χ2v) is 4.64. The number of halogens is 2. The largest absolute Gasteiger partial charge is 0.340 e. The van der Waals surface area contributed by atoms with E-state index in [2.05, 4.69) is 10.1 Å². The minimum atomic E-state index is -0.547. The van der Waals surface area contributed by atoms with E-state index in [1.165, 1.54) is 0 Å². The average Bonchev–Trinajstić information content (AvgIpc) is 2.41. The minimum absolute atomic E-state index is 0.290. The first kappa shape index (κ1) is 8.32. The molecule has 0 bridgehead atoms. The van der Waals surface area contributed by atoms with E-state index in [1.807, 2.05) is 0 Å². The first-order valence-electron chi connectivity index (χ1n) is 3.75. The number of aromatic nitrogens is 2. The molecule has 3 nitrogen and oxygen atoms in total. The van der Waals surface area contributed by atoms with Gasteiger partial charge in [0.1, 0.15) is 4.33 Å². The zero-order chi connectivity index (χ0) is 8.77. The Morgan fingerprint density at radius 2 is 2.33 bits per heavy atom. The molecule has 0 amide bonds. The molecule has 0 saturated heterocycles. The van der Waals surface area contributed by atoms with Crippen LogP contribution in [0.25, 0.3) is 0 Å². The summed E-state index contributed by atoms with van der Waals surface area (Å²) < 4.78 is 4.27. The summed E-state index contributed by atoms with van der Waals surface area (Å²) in [6.45, 7) is 1.76. The Morgan fingerprint density at radius 1 is 1.67 bits per heavy atom. The van der Waals surface area contributed by atoms with Crippen molar-refractivity contribution < 1.29 is 4.52 Å². The van der Waals surface area contributed by atoms with Gasteiger partial charge < -0.3 is 4.52 Å². The lowest BCUT2D eigenvalue weighted by Crippen LogP contribution is -1.96. The van der Waals surface area contributed by atoms with Gasteiger partial charge in [-0.25, -0.2) is 0 Å². The molecule has 5 heteroatoms. The van der Waals surface area contributed by atoms with Crippen molar-refractivity contribution in [1.29, 1.82) is 0 Å². The number of nitrogens with zero attached hydrogens (tertiary/aromatic N) is 2. The molecule has 1 heterocycles. The first-order chi connectivity index (χ1) is 5.58. The molecule has 0 radical (unpaired) electrons. The minimum Gasteiger partial charge on any atom is -0.340 e. The summed E-state index contributed by atoms with van der Waals surface area (Å²) in [5.41, 5.74) is 0. The summed E-state index contributed by atoms with van der Waals surface area (Å²) in [5.74, 6) is 1.57. The Hall–Kier alpha value is -0.280. The maximum atomic E-state index is 5.84. The van der Waals surface area contributed by atoms with Gasteiger partial charge in [-0.3, -0.25) is 0 Å². The Kier molecular flexibility index (Phi) is 1.81. The van der Waals surface area contributed by atoms with Gasteiger partial charge >= 0.3 is 0 Å². The van der Waals surface area contributed by atoms with E-state index in [-0.39, 0.29) is 5.92 Å². The molecule has 0 N–H and O–H groups in total. The summed E-state index contributed by atoms with van der Waals surface area (Å²) in [6, 6.07) is 0. The highest BCUT2D eigenvalue weighted by Gasteiger charge is 2.51. The molecule has 1 aliphatic carbocycles. The zero-order valence-electron chi connectivity index (χ0n) is 6.55. The number of hydrogen-bond acceptors (Lipinski definition) is 3. The molecule has 0 aliphatic heterocycles. The van der Waals surface area contributed by atoms with E-state index in [0.29, 0.717) is 18.1 Å². The summed E-state index contributed by atoms with van der Waals surface area (Å²) >= 11 is 11.7. The molecule has 0 spiro atoms. The molecule has 12 heavy (non-hydrogen) atoms. The third-order valence-corrected chi connectivity index (χ3v) is 2.88. The van der Waals surface area contributed by atoms with Crippen LogP contribution in [0, 0.1) is 12.8 Å². The lowest BCUT2D eigenvalue weighted by atomic mass is 10.3. The van der Waals surface area contributed by atoms with Crippen LogP contribution in [0.2, 0.25) is 0 Å². The lowest BCUT2D eigenvalue weighted by molar-refractivity contribution is 0.386. The third kappa shape index (κ3) is 1.57. The average molecular weight is 207 g/mol. The molecule has 0 aromatic carbocycles. The molecule has 1 aromatic heterocycles. The van der Waals surface area contributed by atoms with E-state index < -0.39 is 4.33 Å². The van der Waals surface area contributed by atoms with Crippen molar-refractivity contribution in [3.8, 4) is 0 Å². The quantitative estimate of drug-likeness (QED) is 0.697. The fourth-order valence-corrected chi connectivity index (χ4v) is 1.66. The fraction of sp³-hybridized carbons (Fsp3) is 0.714. The summed E-state index contributed by atoms with van der Waals surface area (Å²) in [7, 11) is 0. The highest BCUT2D eigenvalue weighted by molar-refractivity contribution is 6.50. The van der Waals surface area contributed by atoms with Crippen LogP contribution in [0.3, 0.4) is 0 Å². The van der Waals surface area contributed by atoms with Crippen molar-refractivity contribution in [2.24, 2.45) is 5.92 Å². The summed E-state index contributed by atoms with van der Waals surface area (Å²) in [6.07, 6.45) is 1.54. The highest BCUT2D eigenvalue weighted by atomic mass is 35.5. The molecule has 1 aromatic rings. The van der Waals surface area contributed by atoms with Gasteiger partial charge in [0.25, 0.3) is 0 Å². The smallest absolute Gasteiger partial charge is 0.223 e. The van der Waals surface area contributed by atoms with Gasteiger partial charge in [-0.05, 0) is 6.42 Å². The van der Waals surface area contributed by atoms with Crippen LogP contribution in [0.5, 0.6) is 0 Å². The Morgan fingerprint density at radius 3 is 2.75 bits per heavy atom. The molecular weight excluding hydrogens is 199 g/mol. The number of alkyl halides is 2. The molecule has 66 valence electrons. The molecule has 2 rings (SSSR count). The fourth-order valence-electron chi connectivity index (χ4n) is 1.14. The van der Waals surface area contributed by atoms with Gasteiger partial charge in [-0.1, -0.05) is 5.16 Å². The second kappa shape index (κ2) is 2.60. The number of hydrogen-bond donors (Lipinski definition) is 0. The van der Waals surface area contributed by atoms with E-state index in [0.717, 1.165) is 6.42 Å². The first-order valence-corrected chi connectivity index (χ1v) is 4.50. The molecule has 1 saturated carbocycles. The maximum absolute atomic E-state index is 5.84. The van der Waals surface area contributed by atoms with Crippen molar-refractivity contribution in [2.45, 2.75) is 24.1 Å². The van der Waals surface area contributed by atoms with E-state index in [1.54, 1.807) is 6.92 Å². The number of aryl methyl sites for hydroxylation is 1. The lowest BCUT2D eigenvalue weighted by Gasteiger charge is -1.93. The Labute approximate surface area is 80.0 Å². The Balaban J connectivity index is 1.97. The molecule has 0 unspecified atom stereocenters. The van der Waals surface area contributed by atoms with E-state index >= 15 is 0 Å². The highest BCUT2D eigenvalue weighted by Crippen LogP contribution is 2.54. The van der Waals surface area contributed by atoms with Gasteiger partial charge in [0.2, 0.25) is 5.89 Å². The van der Waals surface area contributed by atoms with Crippen molar-refractivity contribution in [3.05, 3.63) is 11.7 Å². The zero-order valence-corrected chi connectivity index (χ0v) is 8.06. The Bertz CT molecular complexity index is 297. The summed E-state index contributed by atoms with van der Waals surface area (Å²) in [4.78, 5) is 4.06. The standard InChI is InChI=1S/C7H8Cl2N2O/c1-4-10-6(11-12-4)2-5-3-7(5,8)9/h5H,2-3H2,1H3/t5-/m1/s1. The van der Waals surface area contributed by atoms with Crippen molar-refractivity contribution in [1.82, 2.24) is 10.1 Å². The van der Waals surface area contributed by atoms with Crippen LogP contribution < -0.4 is 0 Å². The molecule has 1 fully saturated rings. The maximum Gasteiger partial charge on any atom is 0.223 e. The predicted octanol–water partition coefficient (Wildman–Crippen LogP) is 2.11. The van der Waals surface area contributed by atoms with E-state index in [9.17, 15) is 0 Å². The third-order valence-electron chi connectivity index (χ3n) is 1.95. The molecular formula is C7H8Cl2N2O.